The topological polar surface area (TPSA) is 31.2 Å². The summed E-state index contributed by atoms with van der Waals surface area (Å²) in [6, 6.07) is 0. The Balaban J connectivity index is 4.61. The molecule has 0 spiro atoms. The van der Waals surface area contributed by atoms with Crippen LogP contribution in [0.4, 0.5) is 0 Å². The number of nitrogens with zero attached hydrogens (tertiary/aromatic N) is 4. The molecular formula is C10H23N4P. The number of hydrogen-bond acceptors (Lipinski definition) is 2. The third-order valence-electron chi connectivity index (χ3n) is 1.38. The predicted molar refractivity (Wildman–Crippen MR) is 71.0 cm³/mol. The van der Waals surface area contributed by atoms with Gasteiger partial charge in [-0.15, -0.1) is 0 Å². The van der Waals surface area contributed by atoms with E-state index in [0.717, 1.165) is 0 Å². The lowest BCUT2D eigenvalue weighted by Crippen LogP contribution is -2.13. The molecule has 0 heterocycles. The summed E-state index contributed by atoms with van der Waals surface area (Å²) in [6.07, 6.45) is 3.67. The molecule has 4 nitrogen and oxygen atoms in total. The van der Waals surface area contributed by atoms with Gasteiger partial charge in [-0.25, -0.2) is 9.53 Å². The van der Waals surface area contributed by atoms with Gasteiger partial charge in [-0.1, -0.05) is 20.8 Å². The SMILES string of the molecule is CN(C)/C=N/P(/N=C/N(C)C)C(C)(C)C. The second-order valence-corrected chi connectivity index (χ2v) is 7.23. The lowest BCUT2D eigenvalue weighted by molar-refractivity contribution is 0.642. The zero-order valence-electron chi connectivity index (χ0n) is 10.9. The van der Waals surface area contributed by atoms with E-state index in [-0.39, 0.29) is 5.16 Å². The van der Waals surface area contributed by atoms with Crippen molar-refractivity contribution in [2.24, 2.45) is 9.53 Å². The van der Waals surface area contributed by atoms with E-state index in [1.165, 1.54) is 0 Å². The van der Waals surface area contributed by atoms with E-state index in [4.69, 9.17) is 0 Å². The maximum absolute atomic E-state index is 4.51. The predicted octanol–water partition coefficient (Wildman–Crippen LogP) is 2.28. The van der Waals surface area contributed by atoms with Gasteiger partial charge in [-0.2, -0.15) is 0 Å². The molecule has 0 aliphatic carbocycles. The molecule has 0 saturated heterocycles. The molecule has 0 aromatic carbocycles. The maximum atomic E-state index is 4.51. The fourth-order valence-electron chi connectivity index (χ4n) is 0.681. The van der Waals surface area contributed by atoms with Crippen LogP contribution in [-0.2, 0) is 0 Å². The Bertz CT molecular complexity index is 210. The van der Waals surface area contributed by atoms with Gasteiger partial charge in [0, 0.05) is 33.3 Å². The number of hydrogen-bond donors (Lipinski definition) is 0. The van der Waals surface area contributed by atoms with Crippen LogP contribution in [0.2, 0.25) is 0 Å². The van der Waals surface area contributed by atoms with E-state index in [9.17, 15) is 0 Å². The first-order valence-corrected chi connectivity index (χ1v) is 6.19. The molecular weight excluding hydrogens is 207 g/mol. The molecule has 0 saturated carbocycles. The molecule has 0 amide bonds. The fourth-order valence-corrected chi connectivity index (χ4v) is 2.04. The third-order valence-corrected chi connectivity index (χ3v) is 3.23. The fraction of sp³-hybridized carbons (Fsp3) is 0.800. The van der Waals surface area contributed by atoms with Crippen LogP contribution in [0.15, 0.2) is 9.53 Å². The molecule has 0 radical (unpaired) electrons. The second kappa shape index (κ2) is 6.06. The van der Waals surface area contributed by atoms with Crippen molar-refractivity contribution in [1.29, 1.82) is 0 Å². The van der Waals surface area contributed by atoms with E-state index >= 15 is 0 Å². The Kier molecular flexibility index (Phi) is 5.81. The minimum atomic E-state index is -0.711. The van der Waals surface area contributed by atoms with E-state index in [1.54, 1.807) is 0 Å². The van der Waals surface area contributed by atoms with Gasteiger partial charge >= 0.3 is 0 Å². The summed E-state index contributed by atoms with van der Waals surface area (Å²) in [6.45, 7) is 6.50. The largest absolute Gasteiger partial charge is 0.369 e. The normalized spacial score (nSPS) is 13.1. The van der Waals surface area contributed by atoms with Crippen molar-refractivity contribution >= 4 is 20.9 Å². The van der Waals surface area contributed by atoms with Gasteiger partial charge in [-0.3, -0.25) is 0 Å². The second-order valence-electron chi connectivity index (χ2n) is 4.85. The smallest absolute Gasteiger partial charge is 0.144 e. The Morgan fingerprint density at radius 1 is 0.867 bits per heavy atom. The van der Waals surface area contributed by atoms with Crippen LogP contribution in [-0.4, -0.2) is 55.8 Å². The zero-order valence-corrected chi connectivity index (χ0v) is 11.8. The monoisotopic (exact) mass is 230 g/mol. The lowest BCUT2D eigenvalue weighted by Gasteiger charge is -2.23. The lowest BCUT2D eigenvalue weighted by atomic mass is 10.3. The van der Waals surface area contributed by atoms with E-state index < -0.39 is 8.22 Å². The van der Waals surface area contributed by atoms with Gasteiger partial charge in [0.1, 0.15) is 8.22 Å². The molecule has 0 rings (SSSR count). The van der Waals surface area contributed by atoms with Gasteiger partial charge in [0.05, 0.1) is 12.7 Å². The highest BCUT2D eigenvalue weighted by Crippen LogP contribution is 2.51. The number of rotatable bonds is 4. The van der Waals surface area contributed by atoms with Gasteiger partial charge in [-0.05, 0) is 0 Å². The molecule has 0 unspecified atom stereocenters. The highest BCUT2D eigenvalue weighted by Gasteiger charge is 2.23. The molecule has 88 valence electrons. The summed E-state index contributed by atoms with van der Waals surface area (Å²) in [4.78, 5) is 3.87. The Labute approximate surface area is 94.9 Å². The van der Waals surface area contributed by atoms with Crippen molar-refractivity contribution in [3.63, 3.8) is 0 Å². The van der Waals surface area contributed by atoms with Gasteiger partial charge in [0.15, 0.2) is 0 Å². The minimum Gasteiger partial charge on any atom is -0.369 e. The van der Waals surface area contributed by atoms with E-state index in [2.05, 4.69) is 30.3 Å². The van der Waals surface area contributed by atoms with Crippen molar-refractivity contribution < 1.29 is 0 Å². The summed E-state index contributed by atoms with van der Waals surface area (Å²) in [5.74, 6) is 0. The first-order valence-electron chi connectivity index (χ1n) is 4.95. The summed E-state index contributed by atoms with van der Waals surface area (Å²) in [5, 5.41) is 0.106. The molecule has 0 atom stereocenters. The van der Waals surface area contributed by atoms with Crippen molar-refractivity contribution in [1.82, 2.24) is 9.80 Å². The summed E-state index contributed by atoms with van der Waals surface area (Å²) in [7, 11) is 7.16. The van der Waals surface area contributed by atoms with Crippen LogP contribution in [0, 0.1) is 0 Å². The van der Waals surface area contributed by atoms with Crippen molar-refractivity contribution in [3.05, 3.63) is 0 Å². The van der Waals surface area contributed by atoms with Crippen LogP contribution in [0.5, 0.6) is 0 Å². The third kappa shape index (κ3) is 7.32. The molecule has 5 heteroatoms. The summed E-state index contributed by atoms with van der Waals surface area (Å²) >= 11 is 0. The maximum Gasteiger partial charge on any atom is 0.144 e. The van der Waals surface area contributed by atoms with Crippen LogP contribution in [0.25, 0.3) is 0 Å². The van der Waals surface area contributed by atoms with Gasteiger partial charge in [0.25, 0.3) is 0 Å². The van der Waals surface area contributed by atoms with Crippen LogP contribution in [0.3, 0.4) is 0 Å². The Morgan fingerprint density at radius 2 is 1.20 bits per heavy atom. The standard InChI is InChI=1S/C10H23N4P/c1-10(2,3)15(11-8-13(4)5)12-9-14(6)7/h8-9H,1-7H3/b11-8+,12-9+. The zero-order chi connectivity index (χ0) is 12.1. The Morgan fingerprint density at radius 3 is 1.40 bits per heavy atom. The van der Waals surface area contributed by atoms with Gasteiger partial charge < -0.3 is 9.80 Å². The molecule has 0 N–H and O–H groups in total. The first kappa shape index (κ1) is 14.4. The van der Waals surface area contributed by atoms with E-state index in [0.29, 0.717) is 0 Å². The van der Waals surface area contributed by atoms with Gasteiger partial charge in [0.2, 0.25) is 0 Å². The highest BCUT2D eigenvalue weighted by molar-refractivity contribution is 7.56. The average molecular weight is 230 g/mol. The molecule has 0 fully saturated rings. The minimum absolute atomic E-state index is 0.106. The molecule has 0 aromatic rings. The van der Waals surface area contributed by atoms with E-state index in [1.807, 2.05) is 50.7 Å². The molecule has 0 bridgehead atoms. The first-order chi connectivity index (χ1) is 6.73. The molecule has 0 aliphatic heterocycles. The average Bonchev–Trinajstić information content (AvgIpc) is 2.00. The summed E-state index contributed by atoms with van der Waals surface area (Å²) < 4.78 is 9.02. The molecule has 0 aromatic heterocycles. The van der Waals surface area contributed by atoms with Crippen LogP contribution < -0.4 is 0 Å². The summed E-state index contributed by atoms with van der Waals surface area (Å²) in [5.41, 5.74) is 0. The molecule has 15 heavy (non-hydrogen) atoms. The highest BCUT2D eigenvalue weighted by atomic mass is 31.1. The quantitative estimate of drug-likeness (QED) is 0.421. The van der Waals surface area contributed by atoms with Crippen LogP contribution >= 0.6 is 8.22 Å². The van der Waals surface area contributed by atoms with Crippen LogP contribution in [0.1, 0.15) is 20.8 Å². The van der Waals surface area contributed by atoms with Crippen molar-refractivity contribution in [2.75, 3.05) is 28.2 Å². The Hall–Kier alpha value is -0.630. The van der Waals surface area contributed by atoms with Crippen molar-refractivity contribution in [2.45, 2.75) is 25.9 Å². The van der Waals surface area contributed by atoms with Crippen molar-refractivity contribution in [3.8, 4) is 0 Å². The molecule has 0 aliphatic rings.